The van der Waals surface area contributed by atoms with Gasteiger partial charge in [0.05, 0.1) is 10.6 Å². The van der Waals surface area contributed by atoms with E-state index < -0.39 is 22.5 Å². The number of hydrogen-bond donors (Lipinski definition) is 1. The standard InChI is InChI=1S/C19H19BrN4O3S3/c1-3-28-19-23-22-18(29-19)21-17(25)12-24(15-6-4-5-14(20)11-15)30(26,27)16-9-7-13(2)8-10-16/h4-11H,3,12H2,1-2H3,(H,21,22,25). The number of thioether (sulfide) groups is 1. The van der Waals surface area contributed by atoms with Crippen molar-refractivity contribution in [2.24, 2.45) is 0 Å². The zero-order valence-corrected chi connectivity index (χ0v) is 20.2. The van der Waals surface area contributed by atoms with Gasteiger partial charge in [0, 0.05) is 4.47 Å². The number of amides is 1. The van der Waals surface area contributed by atoms with Gasteiger partial charge in [-0.25, -0.2) is 8.42 Å². The van der Waals surface area contributed by atoms with Crippen LogP contribution in [-0.2, 0) is 14.8 Å². The summed E-state index contributed by atoms with van der Waals surface area (Å²) in [5.41, 5.74) is 1.32. The van der Waals surface area contributed by atoms with Crippen LogP contribution in [0.5, 0.6) is 0 Å². The molecule has 1 N–H and O–H groups in total. The molecule has 1 aromatic heterocycles. The van der Waals surface area contributed by atoms with Gasteiger partial charge in [0.1, 0.15) is 6.54 Å². The molecular formula is C19H19BrN4O3S3. The second-order valence-electron chi connectivity index (χ2n) is 6.16. The molecule has 0 bridgehead atoms. The van der Waals surface area contributed by atoms with Crippen LogP contribution < -0.4 is 9.62 Å². The molecule has 158 valence electrons. The average molecular weight is 527 g/mol. The molecule has 0 spiro atoms. The molecule has 2 aromatic carbocycles. The lowest BCUT2D eigenvalue weighted by Crippen LogP contribution is -2.38. The second-order valence-corrected chi connectivity index (χ2v) is 11.4. The number of halogens is 1. The summed E-state index contributed by atoms with van der Waals surface area (Å²) >= 11 is 6.13. The van der Waals surface area contributed by atoms with Gasteiger partial charge in [0.15, 0.2) is 4.34 Å². The molecule has 11 heteroatoms. The SMILES string of the molecule is CCSc1nnc(NC(=O)CN(c2cccc(Br)c2)S(=O)(=O)c2ccc(C)cc2)s1. The van der Waals surface area contributed by atoms with Crippen LogP contribution in [0.1, 0.15) is 12.5 Å². The summed E-state index contributed by atoms with van der Waals surface area (Å²) in [5.74, 6) is 0.337. The molecule has 0 saturated heterocycles. The fraction of sp³-hybridized carbons (Fsp3) is 0.211. The molecule has 3 aromatic rings. The van der Waals surface area contributed by atoms with E-state index in [1.807, 2.05) is 13.8 Å². The predicted octanol–water partition coefficient (Wildman–Crippen LogP) is 4.56. The Morgan fingerprint density at radius 2 is 1.93 bits per heavy atom. The normalized spacial score (nSPS) is 11.3. The third-order valence-electron chi connectivity index (χ3n) is 3.91. The Labute approximate surface area is 192 Å². The maximum atomic E-state index is 13.3. The maximum Gasteiger partial charge on any atom is 0.264 e. The van der Waals surface area contributed by atoms with Crippen molar-refractivity contribution < 1.29 is 13.2 Å². The molecule has 3 rings (SSSR count). The lowest BCUT2D eigenvalue weighted by molar-refractivity contribution is -0.114. The van der Waals surface area contributed by atoms with E-state index in [1.54, 1.807) is 36.4 Å². The van der Waals surface area contributed by atoms with E-state index in [4.69, 9.17) is 0 Å². The number of hydrogen-bond acceptors (Lipinski definition) is 7. The van der Waals surface area contributed by atoms with E-state index in [1.165, 1.54) is 35.2 Å². The third kappa shape index (κ3) is 5.60. The van der Waals surface area contributed by atoms with E-state index in [2.05, 4.69) is 31.4 Å². The summed E-state index contributed by atoms with van der Waals surface area (Å²) in [4.78, 5) is 12.8. The highest BCUT2D eigenvalue weighted by Crippen LogP contribution is 2.28. The van der Waals surface area contributed by atoms with Crippen LogP contribution in [0.15, 0.2) is 62.2 Å². The molecule has 1 amide bonds. The quantitative estimate of drug-likeness (QED) is 0.341. The molecule has 0 aliphatic rings. The monoisotopic (exact) mass is 526 g/mol. The molecule has 0 unspecified atom stereocenters. The van der Waals surface area contributed by atoms with E-state index >= 15 is 0 Å². The molecule has 1 heterocycles. The lowest BCUT2D eigenvalue weighted by atomic mass is 10.2. The Morgan fingerprint density at radius 3 is 2.60 bits per heavy atom. The maximum absolute atomic E-state index is 13.3. The van der Waals surface area contributed by atoms with Crippen molar-refractivity contribution in [2.75, 3.05) is 21.9 Å². The topological polar surface area (TPSA) is 92.3 Å². The molecular weight excluding hydrogens is 508 g/mol. The minimum absolute atomic E-state index is 0.110. The van der Waals surface area contributed by atoms with Gasteiger partial charge in [-0.2, -0.15) is 0 Å². The van der Waals surface area contributed by atoms with E-state index in [9.17, 15) is 13.2 Å². The number of benzene rings is 2. The highest BCUT2D eigenvalue weighted by atomic mass is 79.9. The third-order valence-corrected chi connectivity index (χ3v) is 8.05. The van der Waals surface area contributed by atoms with Crippen LogP contribution in [0.2, 0.25) is 0 Å². The number of aryl methyl sites for hydroxylation is 1. The number of carbonyl (C=O) groups is 1. The van der Waals surface area contributed by atoms with Gasteiger partial charge in [-0.05, 0) is 43.0 Å². The van der Waals surface area contributed by atoms with Crippen molar-refractivity contribution in [1.29, 1.82) is 0 Å². The lowest BCUT2D eigenvalue weighted by Gasteiger charge is -2.24. The van der Waals surface area contributed by atoms with E-state index in [0.29, 0.717) is 15.3 Å². The molecule has 0 saturated carbocycles. The van der Waals surface area contributed by atoms with Crippen LogP contribution in [0.4, 0.5) is 10.8 Å². The molecule has 0 radical (unpaired) electrons. The Balaban J connectivity index is 1.89. The van der Waals surface area contributed by atoms with Gasteiger partial charge in [0.2, 0.25) is 11.0 Å². The summed E-state index contributed by atoms with van der Waals surface area (Å²) in [6.45, 7) is 3.47. The average Bonchev–Trinajstić information content (AvgIpc) is 3.13. The number of rotatable bonds is 8. The smallest absolute Gasteiger partial charge is 0.264 e. The molecule has 0 aliphatic carbocycles. The molecule has 0 fully saturated rings. The van der Waals surface area contributed by atoms with Gasteiger partial charge in [-0.15, -0.1) is 10.2 Å². The number of anilines is 2. The van der Waals surface area contributed by atoms with Crippen molar-refractivity contribution in [3.8, 4) is 0 Å². The summed E-state index contributed by atoms with van der Waals surface area (Å²) in [6, 6.07) is 13.3. The minimum atomic E-state index is -3.96. The fourth-order valence-corrected chi connectivity index (χ4v) is 5.98. The van der Waals surface area contributed by atoms with Gasteiger partial charge >= 0.3 is 0 Å². The molecule has 7 nitrogen and oxygen atoms in total. The van der Waals surface area contributed by atoms with Crippen molar-refractivity contribution in [1.82, 2.24) is 10.2 Å². The second kappa shape index (κ2) is 9.90. The van der Waals surface area contributed by atoms with E-state index in [0.717, 1.165) is 20.0 Å². The van der Waals surface area contributed by atoms with E-state index in [-0.39, 0.29) is 4.90 Å². The molecule has 30 heavy (non-hydrogen) atoms. The van der Waals surface area contributed by atoms with Crippen LogP contribution in [0.25, 0.3) is 0 Å². The van der Waals surface area contributed by atoms with Crippen molar-refractivity contribution >= 4 is 65.8 Å². The number of carbonyl (C=O) groups excluding carboxylic acids is 1. The van der Waals surface area contributed by atoms with Crippen molar-refractivity contribution in [2.45, 2.75) is 23.1 Å². The van der Waals surface area contributed by atoms with Crippen LogP contribution in [0.3, 0.4) is 0 Å². The van der Waals surface area contributed by atoms with Gasteiger partial charge in [-0.1, -0.05) is 69.7 Å². The number of sulfonamides is 1. The largest absolute Gasteiger partial charge is 0.299 e. The predicted molar refractivity (Wildman–Crippen MR) is 125 cm³/mol. The fourth-order valence-electron chi connectivity index (χ4n) is 2.52. The zero-order valence-electron chi connectivity index (χ0n) is 16.2. The summed E-state index contributed by atoms with van der Waals surface area (Å²) in [5, 5.41) is 10.9. The molecule has 0 atom stereocenters. The van der Waals surface area contributed by atoms with Crippen molar-refractivity contribution in [3.05, 3.63) is 58.6 Å². The van der Waals surface area contributed by atoms with Crippen LogP contribution in [0, 0.1) is 6.92 Å². The first-order chi connectivity index (χ1) is 14.3. The summed E-state index contributed by atoms with van der Waals surface area (Å²) in [7, 11) is -3.96. The Bertz CT molecular complexity index is 1130. The Morgan fingerprint density at radius 1 is 1.20 bits per heavy atom. The Hall–Kier alpha value is -1.95. The van der Waals surface area contributed by atoms with Crippen LogP contribution in [-0.4, -0.2) is 36.8 Å². The van der Waals surface area contributed by atoms with Crippen molar-refractivity contribution in [3.63, 3.8) is 0 Å². The zero-order chi connectivity index (χ0) is 21.7. The highest BCUT2D eigenvalue weighted by Gasteiger charge is 2.27. The number of aromatic nitrogens is 2. The first kappa shape index (κ1) is 22.7. The van der Waals surface area contributed by atoms with Gasteiger partial charge < -0.3 is 0 Å². The molecule has 0 aliphatic heterocycles. The first-order valence-corrected chi connectivity index (χ1v) is 12.9. The highest BCUT2D eigenvalue weighted by molar-refractivity contribution is 9.10. The summed E-state index contributed by atoms with van der Waals surface area (Å²) < 4.78 is 29.2. The van der Waals surface area contributed by atoms with Gasteiger partial charge in [0.25, 0.3) is 10.0 Å². The minimum Gasteiger partial charge on any atom is -0.299 e. The Kier molecular flexibility index (Phi) is 7.50. The number of nitrogens with one attached hydrogen (secondary N) is 1. The van der Waals surface area contributed by atoms with Gasteiger partial charge in [-0.3, -0.25) is 14.4 Å². The summed E-state index contributed by atoms with van der Waals surface area (Å²) in [6.07, 6.45) is 0. The first-order valence-electron chi connectivity index (χ1n) is 8.90. The van der Waals surface area contributed by atoms with Crippen LogP contribution >= 0.6 is 39.0 Å². The number of nitrogens with zero attached hydrogens (tertiary/aromatic N) is 3.